The van der Waals surface area contributed by atoms with Gasteiger partial charge >= 0.3 is 0 Å². The van der Waals surface area contributed by atoms with E-state index in [-0.39, 0.29) is 0 Å². The molecule has 0 unspecified atom stereocenters. The zero-order valence-corrected chi connectivity index (χ0v) is 8.96. The lowest BCUT2D eigenvalue weighted by molar-refractivity contribution is 0.978. The monoisotopic (exact) mass is 194 g/mol. The van der Waals surface area contributed by atoms with Crippen LogP contribution in [0.1, 0.15) is 25.3 Å². The van der Waals surface area contributed by atoms with Gasteiger partial charge in [-0.2, -0.15) is 0 Å². The zero-order chi connectivity index (χ0) is 10.5. The van der Waals surface area contributed by atoms with Crippen molar-refractivity contribution in [3.8, 4) is 11.8 Å². The molecule has 2 rings (SSSR count). The highest BCUT2D eigenvalue weighted by molar-refractivity contribution is 5.45. The molecular weight excluding hydrogens is 180 g/mol. The average Bonchev–Trinajstić information content (AvgIpc) is 2.29. The van der Waals surface area contributed by atoms with Gasteiger partial charge in [0.2, 0.25) is 0 Å². The minimum absolute atomic E-state index is 1.09. The number of hydrogen-bond donors (Lipinski definition) is 0. The van der Waals surface area contributed by atoms with Crippen molar-refractivity contribution in [1.82, 2.24) is 0 Å². The number of rotatable bonds is 0. The van der Waals surface area contributed by atoms with Gasteiger partial charge in [-0.1, -0.05) is 42.2 Å². The molecule has 1 aromatic rings. The van der Waals surface area contributed by atoms with E-state index in [1.54, 1.807) is 0 Å². The van der Waals surface area contributed by atoms with Crippen LogP contribution in [0.25, 0.3) is 0 Å². The predicted octanol–water partition coefficient (Wildman–Crippen LogP) is 3.70. The molecule has 1 aromatic carbocycles. The second-order valence-corrected chi connectivity index (χ2v) is 3.72. The van der Waals surface area contributed by atoms with Crippen molar-refractivity contribution >= 4 is 0 Å². The topological polar surface area (TPSA) is 0 Å². The van der Waals surface area contributed by atoms with Gasteiger partial charge in [-0.3, -0.25) is 0 Å². The molecule has 0 N–H and O–H groups in total. The first-order valence-electron chi connectivity index (χ1n) is 5.29. The Balaban J connectivity index is 2.22. The van der Waals surface area contributed by atoms with E-state index < -0.39 is 0 Å². The lowest BCUT2D eigenvalue weighted by Gasteiger charge is -2.05. The van der Waals surface area contributed by atoms with E-state index in [0.29, 0.717) is 0 Å². The molecule has 0 radical (unpaired) electrons. The zero-order valence-electron chi connectivity index (χ0n) is 8.96. The smallest absolute Gasteiger partial charge is 0.0248 e. The van der Waals surface area contributed by atoms with Gasteiger partial charge in [-0.05, 0) is 37.5 Å². The van der Waals surface area contributed by atoms with E-state index in [2.05, 4.69) is 30.9 Å². The summed E-state index contributed by atoms with van der Waals surface area (Å²) in [7, 11) is 0. The number of allylic oxidation sites excluding steroid dienone is 4. The molecule has 0 amide bonds. The Kier molecular flexibility index (Phi) is 3.05. The summed E-state index contributed by atoms with van der Waals surface area (Å²) in [5, 5.41) is 0. The van der Waals surface area contributed by atoms with Gasteiger partial charge in [-0.15, -0.1) is 0 Å². The van der Waals surface area contributed by atoms with Crippen LogP contribution in [0.3, 0.4) is 0 Å². The summed E-state index contributed by atoms with van der Waals surface area (Å²) in [6.45, 7) is 2.13. The first-order chi connectivity index (χ1) is 7.36. The molecule has 74 valence electrons. The molecule has 0 saturated carbocycles. The summed E-state index contributed by atoms with van der Waals surface area (Å²) in [4.78, 5) is 0. The van der Waals surface area contributed by atoms with E-state index in [0.717, 1.165) is 18.4 Å². The van der Waals surface area contributed by atoms with Crippen molar-refractivity contribution in [2.24, 2.45) is 0 Å². The Bertz CT molecular complexity index is 450. The fourth-order valence-electron chi connectivity index (χ4n) is 1.62. The second kappa shape index (κ2) is 4.66. The first-order valence-corrected chi connectivity index (χ1v) is 5.29. The summed E-state index contributed by atoms with van der Waals surface area (Å²) >= 11 is 0. The van der Waals surface area contributed by atoms with E-state index in [1.807, 2.05) is 30.3 Å². The Morgan fingerprint density at radius 3 is 2.60 bits per heavy atom. The summed E-state index contributed by atoms with van der Waals surface area (Å²) < 4.78 is 0. The Morgan fingerprint density at radius 2 is 1.87 bits per heavy atom. The van der Waals surface area contributed by atoms with E-state index >= 15 is 0 Å². The minimum Gasteiger partial charge on any atom is -0.0839 e. The van der Waals surface area contributed by atoms with E-state index in [9.17, 15) is 0 Å². The summed E-state index contributed by atoms with van der Waals surface area (Å²) in [5.74, 6) is 6.47. The molecule has 0 heterocycles. The molecule has 15 heavy (non-hydrogen) atoms. The molecule has 0 heteroatoms. The third-order valence-electron chi connectivity index (χ3n) is 2.54. The van der Waals surface area contributed by atoms with E-state index in [1.165, 1.54) is 11.1 Å². The normalized spacial score (nSPS) is 14.7. The van der Waals surface area contributed by atoms with Crippen molar-refractivity contribution in [1.29, 1.82) is 0 Å². The second-order valence-electron chi connectivity index (χ2n) is 3.72. The molecule has 1 aliphatic rings. The molecule has 0 aromatic heterocycles. The molecule has 0 nitrogen and oxygen atoms in total. The van der Waals surface area contributed by atoms with Crippen LogP contribution < -0.4 is 0 Å². The maximum absolute atomic E-state index is 3.27. The van der Waals surface area contributed by atoms with Crippen LogP contribution in [0.5, 0.6) is 0 Å². The number of hydrogen-bond acceptors (Lipinski definition) is 0. The molecule has 0 fully saturated rings. The van der Waals surface area contributed by atoms with Crippen molar-refractivity contribution in [2.75, 3.05) is 0 Å². The fourth-order valence-corrected chi connectivity index (χ4v) is 1.62. The van der Waals surface area contributed by atoms with Gasteiger partial charge in [0.25, 0.3) is 0 Å². The molecule has 1 aliphatic carbocycles. The lowest BCUT2D eigenvalue weighted by atomic mass is 9.99. The van der Waals surface area contributed by atoms with Crippen molar-refractivity contribution in [3.05, 3.63) is 59.2 Å². The predicted molar refractivity (Wildman–Crippen MR) is 64.4 cm³/mol. The lowest BCUT2D eigenvalue weighted by Crippen LogP contribution is -1.89. The first kappa shape index (κ1) is 9.80. The van der Waals surface area contributed by atoms with Gasteiger partial charge in [0, 0.05) is 11.1 Å². The Labute approximate surface area is 91.3 Å². The average molecular weight is 194 g/mol. The van der Waals surface area contributed by atoms with Crippen LogP contribution in [0.15, 0.2) is 53.6 Å². The van der Waals surface area contributed by atoms with Crippen LogP contribution in [0.4, 0.5) is 0 Å². The molecule has 0 aliphatic heterocycles. The van der Waals surface area contributed by atoms with Crippen LogP contribution in [-0.2, 0) is 0 Å². The standard InChI is InChI=1S/C15H14/c1-13-7-5-6-10-15(13)12-11-14-8-3-2-4-9-14/h2-5,7-9H,6,10H2,1H3. The summed E-state index contributed by atoms with van der Waals surface area (Å²) in [6, 6.07) is 10.1. The SMILES string of the molecule is CC1=C(C#Cc2ccccc2)CCC=C1. The highest BCUT2D eigenvalue weighted by Gasteiger charge is 2.00. The highest BCUT2D eigenvalue weighted by atomic mass is 14.0. The maximum Gasteiger partial charge on any atom is 0.0248 e. The van der Waals surface area contributed by atoms with Gasteiger partial charge in [0.1, 0.15) is 0 Å². The third kappa shape index (κ3) is 2.60. The Morgan fingerprint density at radius 1 is 1.07 bits per heavy atom. The quantitative estimate of drug-likeness (QED) is 0.552. The highest BCUT2D eigenvalue weighted by Crippen LogP contribution is 2.17. The van der Waals surface area contributed by atoms with Crippen LogP contribution in [-0.4, -0.2) is 0 Å². The summed E-state index contributed by atoms with van der Waals surface area (Å²) in [5.41, 5.74) is 3.68. The van der Waals surface area contributed by atoms with Crippen molar-refractivity contribution < 1.29 is 0 Å². The van der Waals surface area contributed by atoms with Gasteiger partial charge in [0.05, 0.1) is 0 Å². The fraction of sp³-hybridized carbons (Fsp3) is 0.200. The minimum atomic E-state index is 1.09. The molecule has 0 atom stereocenters. The van der Waals surface area contributed by atoms with Crippen LogP contribution in [0.2, 0.25) is 0 Å². The molecule has 0 bridgehead atoms. The van der Waals surface area contributed by atoms with Gasteiger partial charge in [-0.25, -0.2) is 0 Å². The van der Waals surface area contributed by atoms with Crippen LogP contribution >= 0.6 is 0 Å². The van der Waals surface area contributed by atoms with E-state index in [4.69, 9.17) is 0 Å². The molecular formula is C15H14. The Hall–Kier alpha value is -1.74. The summed E-state index contributed by atoms with van der Waals surface area (Å²) in [6.07, 6.45) is 6.58. The molecule has 0 spiro atoms. The van der Waals surface area contributed by atoms with Gasteiger partial charge in [0.15, 0.2) is 0 Å². The maximum atomic E-state index is 3.27. The van der Waals surface area contributed by atoms with Gasteiger partial charge < -0.3 is 0 Å². The third-order valence-corrected chi connectivity index (χ3v) is 2.54. The molecule has 0 saturated heterocycles. The van der Waals surface area contributed by atoms with Crippen molar-refractivity contribution in [3.63, 3.8) is 0 Å². The number of benzene rings is 1. The van der Waals surface area contributed by atoms with Crippen LogP contribution in [0, 0.1) is 11.8 Å². The largest absolute Gasteiger partial charge is 0.0839 e. The van der Waals surface area contributed by atoms with Crippen molar-refractivity contribution in [2.45, 2.75) is 19.8 Å².